The summed E-state index contributed by atoms with van der Waals surface area (Å²) in [5, 5.41) is 2.89. The number of unbranched alkanes of at least 4 members (excludes halogenated alkanes) is 1. The fourth-order valence-electron chi connectivity index (χ4n) is 2.51. The molecule has 130 valence electrons. The number of carbonyl (C=O) groups is 1. The lowest BCUT2D eigenvalue weighted by molar-refractivity contribution is 0.0952. The molecular weight excluding hydrogens is 316 g/mol. The number of rotatable bonds is 8. The number of imidazole rings is 1. The molecule has 2 aromatic heterocycles. The second-order valence-electron chi connectivity index (χ2n) is 5.77. The van der Waals surface area contributed by atoms with Crippen molar-refractivity contribution in [1.82, 2.24) is 14.7 Å². The third-order valence-corrected chi connectivity index (χ3v) is 3.81. The molecule has 3 N–H and O–H groups in total. The lowest BCUT2D eigenvalue weighted by Crippen LogP contribution is -2.24. The molecule has 0 fully saturated rings. The minimum Gasteiger partial charge on any atom is -0.487 e. The quantitative estimate of drug-likeness (QED) is 0.618. The molecule has 0 aliphatic heterocycles. The van der Waals surface area contributed by atoms with E-state index in [0.29, 0.717) is 31.0 Å². The predicted octanol–water partition coefficient (Wildman–Crippen LogP) is 2.38. The van der Waals surface area contributed by atoms with E-state index in [1.165, 1.54) is 0 Å². The molecule has 25 heavy (non-hydrogen) atoms. The number of nitrogens with one attached hydrogen (secondary N) is 1. The van der Waals surface area contributed by atoms with Crippen molar-refractivity contribution in [3.63, 3.8) is 0 Å². The summed E-state index contributed by atoms with van der Waals surface area (Å²) < 4.78 is 7.73. The van der Waals surface area contributed by atoms with Crippen molar-refractivity contribution in [1.29, 1.82) is 0 Å². The normalized spacial score (nSPS) is 10.8. The molecule has 1 aromatic carbocycles. The summed E-state index contributed by atoms with van der Waals surface area (Å²) in [6.07, 6.45) is 5.67. The van der Waals surface area contributed by atoms with Crippen LogP contribution in [0.5, 0.6) is 5.75 Å². The van der Waals surface area contributed by atoms with E-state index in [9.17, 15) is 4.79 Å². The molecule has 3 aromatic rings. The van der Waals surface area contributed by atoms with Gasteiger partial charge in [-0.3, -0.25) is 4.79 Å². The zero-order valence-corrected chi connectivity index (χ0v) is 14.0. The fraction of sp³-hybridized carbons (Fsp3) is 0.263. The molecule has 0 saturated heterocycles. The van der Waals surface area contributed by atoms with Gasteiger partial charge in [0.15, 0.2) is 0 Å². The Bertz CT molecular complexity index is 811. The summed E-state index contributed by atoms with van der Waals surface area (Å²) in [7, 11) is 0. The zero-order chi connectivity index (χ0) is 17.5. The lowest BCUT2D eigenvalue weighted by atomic mass is 10.2. The van der Waals surface area contributed by atoms with Gasteiger partial charge < -0.3 is 20.2 Å². The molecule has 0 aliphatic carbocycles. The molecule has 3 rings (SSSR count). The summed E-state index contributed by atoms with van der Waals surface area (Å²) in [6.45, 7) is 1.62. The lowest BCUT2D eigenvalue weighted by Gasteiger charge is -2.08. The summed E-state index contributed by atoms with van der Waals surface area (Å²) in [5.41, 5.74) is 7.75. The van der Waals surface area contributed by atoms with E-state index in [1.807, 2.05) is 47.1 Å². The van der Waals surface area contributed by atoms with Crippen LogP contribution in [0.1, 0.15) is 28.9 Å². The Hall–Kier alpha value is -2.86. The van der Waals surface area contributed by atoms with Gasteiger partial charge in [-0.2, -0.15) is 0 Å². The average Bonchev–Trinajstić information content (AvgIpc) is 3.06. The number of benzene rings is 1. The molecule has 0 unspecified atom stereocenters. The molecule has 6 heteroatoms. The van der Waals surface area contributed by atoms with E-state index < -0.39 is 0 Å². The van der Waals surface area contributed by atoms with Gasteiger partial charge in [0.25, 0.3) is 5.91 Å². The largest absolute Gasteiger partial charge is 0.487 e. The van der Waals surface area contributed by atoms with E-state index in [-0.39, 0.29) is 5.91 Å². The van der Waals surface area contributed by atoms with Crippen molar-refractivity contribution in [3.05, 3.63) is 66.1 Å². The first-order valence-electron chi connectivity index (χ1n) is 8.40. The third kappa shape index (κ3) is 4.58. The van der Waals surface area contributed by atoms with Crippen LogP contribution in [0, 0.1) is 0 Å². The molecule has 0 atom stereocenters. The highest BCUT2D eigenvalue weighted by Gasteiger charge is 2.07. The number of hydrogen-bond donors (Lipinski definition) is 2. The Morgan fingerprint density at radius 2 is 2.12 bits per heavy atom. The fourth-order valence-corrected chi connectivity index (χ4v) is 2.51. The predicted molar refractivity (Wildman–Crippen MR) is 96.6 cm³/mol. The second kappa shape index (κ2) is 8.30. The van der Waals surface area contributed by atoms with Crippen molar-refractivity contribution in [2.24, 2.45) is 5.73 Å². The van der Waals surface area contributed by atoms with E-state index >= 15 is 0 Å². The minimum absolute atomic E-state index is 0.102. The van der Waals surface area contributed by atoms with Gasteiger partial charge in [0.2, 0.25) is 0 Å². The van der Waals surface area contributed by atoms with E-state index in [4.69, 9.17) is 10.5 Å². The Morgan fingerprint density at radius 1 is 1.20 bits per heavy atom. The van der Waals surface area contributed by atoms with E-state index in [1.54, 1.807) is 12.1 Å². The highest BCUT2D eigenvalue weighted by Crippen LogP contribution is 2.15. The van der Waals surface area contributed by atoms with Crippen molar-refractivity contribution < 1.29 is 9.53 Å². The first-order chi connectivity index (χ1) is 12.3. The van der Waals surface area contributed by atoms with Crippen molar-refractivity contribution in [3.8, 4) is 5.75 Å². The van der Waals surface area contributed by atoms with Crippen LogP contribution in [0.4, 0.5) is 0 Å². The number of nitrogens with two attached hydrogens (primary N) is 1. The van der Waals surface area contributed by atoms with Crippen LogP contribution in [-0.4, -0.2) is 28.4 Å². The number of ether oxygens (including phenoxy) is 1. The van der Waals surface area contributed by atoms with E-state index in [2.05, 4.69) is 10.3 Å². The van der Waals surface area contributed by atoms with Crippen LogP contribution in [-0.2, 0) is 6.61 Å². The SMILES string of the molecule is NCCCCNC(=O)c1cccc(OCc2cn3ccccc3n2)c1. The number of amides is 1. The molecule has 2 heterocycles. The molecule has 1 amide bonds. The van der Waals surface area contributed by atoms with Gasteiger partial charge in [-0.25, -0.2) is 4.98 Å². The van der Waals surface area contributed by atoms with Crippen LogP contribution in [0.2, 0.25) is 0 Å². The Balaban J connectivity index is 1.58. The van der Waals surface area contributed by atoms with Crippen molar-refractivity contribution in [2.75, 3.05) is 13.1 Å². The highest BCUT2D eigenvalue weighted by atomic mass is 16.5. The Morgan fingerprint density at radius 3 is 2.96 bits per heavy atom. The second-order valence-corrected chi connectivity index (χ2v) is 5.77. The third-order valence-electron chi connectivity index (χ3n) is 3.81. The molecule has 0 bridgehead atoms. The number of hydrogen-bond acceptors (Lipinski definition) is 4. The Labute approximate surface area is 146 Å². The number of pyridine rings is 1. The summed E-state index contributed by atoms with van der Waals surface area (Å²) in [6, 6.07) is 13.0. The smallest absolute Gasteiger partial charge is 0.251 e. The van der Waals surface area contributed by atoms with Crippen LogP contribution in [0.15, 0.2) is 54.9 Å². The molecule has 0 spiro atoms. The molecule has 0 saturated carbocycles. The van der Waals surface area contributed by atoms with Gasteiger partial charge in [-0.15, -0.1) is 0 Å². The number of fused-ring (bicyclic) bond motifs is 1. The monoisotopic (exact) mass is 338 g/mol. The number of carbonyl (C=O) groups excluding carboxylic acids is 1. The van der Waals surface area contributed by atoms with Gasteiger partial charge in [0, 0.05) is 24.5 Å². The maximum absolute atomic E-state index is 12.1. The van der Waals surface area contributed by atoms with Crippen molar-refractivity contribution >= 4 is 11.6 Å². The maximum Gasteiger partial charge on any atom is 0.251 e. The Kier molecular flexibility index (Phi) is 5.64. The van der Waals surface area contributed by atoms with Crippen LogP contribution in [0.3, 0.4) is 0 Å². The average molecular weight is 338 g/mol. The van der Waals surface area contributed by atoms with Gasteiger partial charge >= 0.3 is 0 Å². The summed E-state index contributed by atoms with van der Waals surface area (Å²) in [4.78, 5) is 16.6. The zero-order valence-electron chi connectivity index (χ0n) is 14.0. The number of nitrogens with zero attached hydrogens (tertiary/aromatic N) is 2. The standard InChI is InChI=1S/C19H22N4O2/c20-9-2-3-10-21-19(24)15-6-5-7-17(12-15)25-14-16-13-23-11-4-1-8-18(23)22-16/h1,4-8,11-13H,2-3,9-10,14,20H2,(H,21,24). The summed E-state index contributed by atoms with van der Waals surface area (Å²) in [5.74, 6) is 0.543. The van der Waals surface area contributed by atoms with E-state index in [0.717, 1.165) is 24.2 Å². The summed E-state index contributed by atoms with van der Waals surface area (Å²) >= 11 is 0. The van der Waals surface area contributed by atoms with Crippen molar-refractivity contribution in [2.45, 2.75) is 19.4 Å². The minimum atomic E-state index is -0.102. The first-order valence-corrected chi connectivity index (χ1v) is 8.40. The number of aromatic nitrogens is 2. The first kappa shape index (κ1) is 17.0. The topological polar surface area (TPSA) is 81.6 Å². The van der Waals surface area contributed by atoms with Gasteiger partial charge in [0.1, 0.15) is 18.0 Å². The maximum atomic E-state index is 12.1. The van der Waals surface area contributed by atoms with Crippen LogP contribution in [0.25, 0.3) is 5.65 Å². The molecule has 0 radical (unpaired) electrons. The molecular formula is C19H22N4O2. The van der Waals surface area contributed by atoms with Crippen LogP contribution < -0.4 is 15.8 Å². The van der Waals surface area contributed by atoms with Gasteiger partial charge in [-0.1, -0.05) is 12.1 Å². The molecule has 6 nitrogen and oxygen atoms in total. The van der Waals surface area contributed by atoms with Gasteiger partial charge in [-0.05, 0) is 49.7 Å². The van der Waals surface area contributed by atoms with Crippen LogP contribution >= 0.6 is 0 Å². The van der Waals surface area contributed by atoms with Gasteiger partial charge in [0.05, 0.1) is 5.69 Å². The highest BCUT2D eigenvalue weighted by molar-refractivity contribution is 5.94. The molecule has 0 aliphatic rings.